The van der Waals surface area contributed by atoms with Crippen LogP contribution in [-0.2, 0) is 4.79 Å². The van der Waals surface area contributed by atoms with Crippen LogP contribution < -0.4 is 10.6 Å². The van der Waals surface area contributed by atoms with Gasteiger partial charge in [-0.1, -0.05) is 11.6 Å². The number of nitrogens with one attached hydrogen (secondary N) is 2. The van der Waals surface area contributed by atoms with Gasteiger partial charge in [0.25, 0.3) is 0 Å². The van der Waals surface area contributed by atoms with Crippen LogP contribution in [0.2, 0.25) is 5.02 Å². The molecular weight excluding hydrogens is 238 g/mol. The van der Waals surface area contributed by atoms with Crippen molar-refractivity contribution in [1.29, 1.82) is 5.26 Å². The van der Waals surface area contributed by atoms with E-state index in [-0.39, 0.29) is 11.9 Å². The van der Waals surface area contributed by atoms with E-state index in [2.05, 4.69) is 10.6 Å². The second-order valence-electron chi connectivity index (χ2n) is 3.94. The van der Waals surface area contributed by atoms with Gasteiger partial charge in [0.1, 0.15) is 6.07 Å². The van der Waals surface area contributed by atoms with E-state index in [1.54, 1.807) is 18.2 Å². The second-order valence-corrected chi connectivity index (χ2v) is 4.35. The van der Waals surface area contributed by atoms with E-state index < -0.39 is 0 Å². The molecule has 1 atom stereocenters. The molecule has 0 saturated carbocycles. The first-order chi connectivity index (χ1) is 8.20. The lowest BCUT2D eigenvalue weighted by Crippen LogP contribution is -2.35. The van der Waals surface area contributed by atoms with Crippen molar-refractivity contribution in [3.8, 4) is 6.07 Å². The molecule has 4 nitrogen and oxygen atoms in total. The summed E-state index contributed by atoms with van der Waals surface area (Å²) in [5.74, 6) is -0.0525. The molecule has 0 bridgehead atoms. The fourth-order valence-corrected chi connectivity index (χ4v) is 2.04. The molecular formula is C12H12ClN3O. The van der Waals surface area contributed by atoms with E-state index in [1.807, 2.05) is 6.07 Å². The molecule has 0 aromatic heterocycles. The number of hydrogen-bond donors (Lipinski definition) is 2. The Labute approximate surface area is 105 Å². The maximum Gasteiger partial charge on any atom is 0.241 e. The van der Waals surface area contributed by atoms with Gasteiger partial charge < -0.3 is 10.6 Å². The first-order valence-corrected chi connectivity index (χ1v) is 5.82. The van der Waals surface area contributed by atoms with Crippen LogP contribution in [0.3, 0.4) is 0 Å². The van der Waals surface area contributed by atoms with Gasteiger partial charge >= 0.3 is 0 Å². The highest BCUT2D eigenvalue weighted by Gasteiger charge is 2.21. The molecule has 2 rings (SSSR count). The maximum absolute atomic E-state index is 11.8. The van der Waals surface area contributed by atoms with Gasteiger partial charge in [-0.25, -0.2) is 0 Å². The van der Waals surface area contributed by atoms with Crippen LogP contribution in [-0.4, -0.2) is 18.5 Å². The molecule has 88 valence electrons. The van der Waals surface area contributed by atoms with Gasteiger partial charge in [0.15, 0.2) is 0 Å². The number of nitriles is 1. The third-order valence-electron chi connectivity index (χ3n) is 2.73. The summed E-state index contributed by atoms with van der Waals surface area (Å²) in [6.07, 6.45) is 1.88. The van der Waals surface area contributed by atoms with Gasteiger partial charge in [-0.2, -0.15) is 5.26 Å². The monoisotopic (exact) mass is 249 g/mol. The number of carbonyl (C=O) groups excluding carboxylic acids is 1. The average Bonchev–Trinajstić information content (AvgIpc) is 2.82. The van der Waals surface area contributed by atoms with E-state index in [4.69, 9.17) is 16.9 Å². The summed E-state index contributed by atoms with van der Waals surface area (Å²) in [7, 11) is 0. The lowest BCUT2D eigenvalue weighted by atomic mass is 10.2. The zero-order valence-corrected chi connectivity index (χ0v) is 9.92. The van der Waals surface area contributed by atoms with Crippen LogP contribution >= 0.6 is 11.6 Å². The van der Waals surface area contributed by atoms with Gasteiger partial charge in [-0.15, -0.1) is 0 Å². The summed E-state index contributed by atoms with van der Waals surface area (Å²) in [5, 5.41) is 15.0. The number of hydrogen-bond acceptors (Lipinski definition) is 3. The number of amides is 1. The molecule has 5 heteroatoms. The number of carbonyl (C=O) groups is 1. The standard InChI is InChI=1S/C12H12ClN3O/c13-10-6-9(4-3-8(10)7-14)16-12(17)11-2-1-5-15-11/h3-4,6,11,15H,1-2,5H2,(H,16,17)/t11-/m1/s1. The highest BCUT2D eigenvalue weighted by Crippen LogP contribution is 2.20. The van der Waals surface area contributed by atoms with Crippen molar-refractivity contribution in [3.63, 3.8) is 0 Å². The molecule has 1 saturated heterocycles. The van der Waals surface area contributed by atoms with Crippen molar-refractivity contribution >= 4 is 23.2 Å². The fraction of sp³-hybridized carbons (Fsp3) is 0.333. The highest BCUT2D eigenvalue weighted by molar-refractivity contribution is 6.32. The Morgan fingerprint density at radius 3 is 3.00 bits per heavy atom. The highest BCUT2D eigenvalue weighted by atomic mass is 35.5. The number of halogens is 1. The summed E-state index contributed by atoms with van der Waals surface area (Å²) < 4.78 is 0. The molecule has 0 aliphatic carbocycles. The summed E-state index contributed by atoms with van der Waals surface area (Å²) in [5.41, 5.74) is 1.02. The van der Waals surface area contributed by atoms with Crippen molar-refractivity contribution in [2.45, 2.75) is 18.9 Å². The first-order valence-electron chi connectivity index (χ1n) is 5.44. The Kier molecular flexibility index (Phi) is 3.62. The SMILES string of the molecule is N#Cc1ccc(NC(=O)[C@H]2CCCN2)cc1Cl. The maximum atomic E-state index is 11.8. The number of nitrogens with zero attached hydrogens (tertiary/aromatic N) is 1. The average molecular weight is 250 g/mol. The minimum Gasteiger partial charge on any atom is -0.325 e. The molecule has 1 amide bonds. The van der Waals surface area contributed by atoms with Crippen LogP contribution in [0.1, 0.15) is 18.4 Å². The van der Waals surface area contributed by atoms with Gasteiger partial charge in [-0.05, 0) is 37.6 Å². The minimum atomic E-state index is -0.121. The third-order valence-corrected chi connectivity index (χ3v) is 3.05. The predicted molar refractivity (Wildman–Crippen MR) is 65.8 cm³/mol. The van der Waals surface area contributed by atoms with Crippen molar-refractivity contribution in [2.75, 3.05) is 11.9 Å². The van der Waals surface area contributed by atoms with E-state index in [0.29, 0.717) is 16.3 Å². The molecule has 0 radical (unpaired) electrons. The molecule has 2 N–H and O–H groups in total. The summed E-state index contributed by atoms with van der Waals surface area (Å²) in [6, 6.07) is 6.72. The van der Waals surface area contributed by atoms with E-state index in [0.717, 1.165) is 19.4 Å². The van der Waals surface area contributed by atoms with Gasteiger partial charge in [0.2, 0.25) is 5.91 Å². The smallest absolute Gasteiger partial charge is 0.241 e. The molecule has 1 aromatic rings. The number of rotatable bonds is 2. The Balaban J connectivity index is 2.06. The van der Waals surface area contributed by atoms with E-state index in [9.17, 15) is 4.79 Å². The normalized spacial score (nSPS) is 18.7. The largest absolute Gasteiger partial charge is 0.325 e. The van der Waals surface area contributed by atoms with Gasteiger partial charge in [-0.3, -0.25) is 4.79 Å². The lowest BCUT2D eigenvalue weighted by molar-refractivity contribution is -0.117. The Bertz CT molecular complexity index is 475. The lowest BCUT2D eigenvalue weighted by Gasteiger charge is -2.11. The van der Waals surface area contributed by atoms with Crippen LogP contribution in [0.25, 0.3) is 0 Å². The fourth-order valence-electron chi connectivity index (χ4n) is 1.82. The minimum absolute atomic E-state index is 0.0525. The van der Waals surface area contributed by atoms with Crippen LogP contribution in [0.15, 0.2) is 18.2 Å². The molecule has 1 aliphatic rings. The van der Waals surface area contributed by atoms with E-state index >= 15 is 0 Å². The number of benzene rings is 1. The zero-order valence-electron chi connectivity index (χ0n) is 9.16. The molecule has 0 spiro atoms. The Morgan fingerprint density at radius 2 is 2.41 bits per heavy atom. The van der Waals surface area contributed by atoms with Crippen molar-refractivity contribution < 1.29 is 4.79 Å². The summed E-state index contributed by atoms with van der Waals surface area (Å²) in [6.45, 7) is 0.881. The van der Waals surface area contributed by atoms with Gasteiger partial charge in [0, 0.05) is 5.69 Å². The van der Waals surface area contributed by atoms with Crippen LogP contribution in [0.5, 0.6) is 0 Å². The molecule has 17 heavy (non-hydrogen) atoms. The molecule has 1 fully saturated rings. The summed E-state index contributed by atoms with van der Waals surface area (Å²) in [4.78, 5) is 11.8. The molecule has 1 heterocycles. The Hall–Kier alpha value is -1.57. The first kappa shape index (κ1) is 11.9. The van der Waals surface area contributed by atoms with Crippen molar-refractivity contribution in [2.24, 2.45) is 0 Å². The number of anilines is 1. The molecule has 1 aromatic carbocycles. The molecule has 1 aliphatic heterocycles. The molecule has 0 unspecified atom stereocenters. The second kappa shape index (κ2) is 5.17. The third kappa shape index (κ3) is 2.76. The zero-order chi connectivity index (χ0) is 12.3. The topological polar surface area (TPSA) is 64.9 Å². The van der Waals surface area contributed by atoms with Crippen molar-refractivity contribution in [3.05, 3.63) is 28.8 Å². The van der Waals surface area contributed by atoms with Gasteiger partial charge in [0.05, 0.1) is 16.6 Å². The van der Waals surface area contributed by atoms with Crippen LogP contribution in [0, 0.1) is 11.3 Å². The quantitative estimate of drug-likeness (QED) is 0.841. The van der Waals surface area contributed by atoms with Crippen LogP contribution in [0.4, 0.5) is 5.69 Å². The van der Waals surface area contributed by atoms with Crippen molar-refractivity contribution in [1.82, 2.24) is 5.32 Å². The summed E-state index contributed by atoms with van der Waals surface area (Å²) >= 11 is 5.88. The Morgan fingerprint density at radius 1 is 1.59 bits per heavy atom. The van der Waals surface area contributed by atoms with E-state index in [1.165, 1.54) is 0 Å². The predicted octanol–water partition coefficient (Wildman–Crippen LogP) is 1.90.